The van der Waals surface area contributed by atoms with Crippen molar-refractivity contribution in [2.24, 2.45) is 5.10 Å². The van der Waals surface area contributed by atoms with E-state index in [9.17, 15) is 4.79 Å². The molecule has 0 saturated carbocycles. The second-order valence-electron chi connectivity index (χ2n) is 8.39. The molecule has 0 aliphatic carbocycles. The van der Waals surface area contributed by atoms with Gasteiger partial charge in [0.15, 0.2) is 0 Å². The normalized spacial score (nSPS) is 13.9. The van der Waals surface area contributed by atoms with Crippen LogP contribution in [0.15, 0.2) is 47.6 Å². The number of amides is 1. The van der Waals surface area contributed by atoms with E-state index in [1.807, 2.05) is 45.0 Å². The third-order valence-corrected chi connectivity index (χ3v) is 5.50. The molecule has 0 atom stereocenters. The van der Waals surface area contributed by atoms with E-state index in [2.05, 4.69) is 59.2 Å². The van der Waals surface area contributed by atoms with Crippen molar-refractivity contribution < 1.29 is 9.53 Å². The smallest absolute Gasteiger partial charge is 0.250 e. The van der Waals surface area contributed by atoms with Crippen molar-refractivity contribution in [3.8, 4) is 0 Å². The molecule has 4 rings (SSSR count). The summed E-state index contributed by atoms with van der Waals surface area (Å²) < 4.78 is 5.47. The molecule has 2 aromatic carbocycles. The van der Waals surface area contributed by atoms with Crippen molar-refractivity contribution in [1.82, 2.24) is 15.0 Å². The van der Waals surface area contributed by atoms with E-state index in [1.54, 1.807) is 0 Å². The number of aromatic nitrogens is 3. The first-order valence-corrected chi connectivity index (χ1v) is 11.5. The first kappa shape index (κ1) is 24.1. The molecule has 35 heavy (non-hydrogen) atoms. The maximum atomic E-state index is 11.2. The summed E-state index contributed by atoms with van der Waals surface area (Å²) in [4.78, 5) is 27.1. The van der Waals surface area contributed by atoms with Crippen LogP contribution >= 0.6 is 0 Å². The van der Waals surface area contributed by atoms with Crippen LogP contribution in [0, 0.1) is 13.8 Å². The zero-order valence-electron chi connectivity index (χ0n) is 20.4. The van der Waals surface area contributed by atoms with Gasteiger partial charge in [-0.05, 0) is 55.7 Å². The molecule has 1 fully saturated rings. The number of carbonyl (C=O) groups is 1. The SMILES string of the molecule is CC(=O)Nc1ccc(/C(C)=N/Nc2nc(Nc3cc(C)ccc3C)nc(N3CCOCC3)n2)cc1. The van der Waals surface area contributed by atoms with Gasteiger partial charge in [0.2, 0.25) is 23.8 Å². The van der Waals surface area contributed by atoms with Gasteiger partial charge in [-0.25, -0.2) is 5.43 Å². The largest absolute Gasteiger partial charge is 0.378 e. The maximum absolute atomic E-state index is 11.2. The Morgan fingerprint density at radius 1 is 0.971 bits per heavy atom. The van der Waals surface area contributed by atoms with Gasteiger partial charge < -0.3 is 20.3 Å². The van der Waals surface area contributed by atoms with Gasteiger partial charge in [0.25, 0.3) is 0 Å². The Hall–Kier alpha value is -4.05. The van der Waals surface area contributed by atoms with Crippen molar-refractivity contribution >= 4 is 40.8 Å². The first-order valence-electron chi connectivity index (χ1n) is 11.5. The van der Waals surface area contributed by atoms with Crippen LogP contribution in [0.1, 0.15) is 30.5 Å². The molecule has 2 heterocycles. The summed E-state index contributed by atoms with van der Waals surface area (Å²) in [6.45, 7) is 10.1. The Bertz CT molecular complexity index is 1220. The van der Waals surface area contributed by atoms with E-state index >= 15 is 0 Å². The van der Waals surface area contributed by atoms with Gasteiger partial charge in [-0.15, -0.1) is 0 Å². The highest BCUT2D eigenvalue weighted by molar-refractivity contribution is 5.99. The third-order valence-electron chi connectivity index (χ3n) is 5.50. The molecule has 1 saturated heterocycles. The van der Waals surface area contributed by atoms with E-state index in [0.717, 1.165) is 33.8 Å². The number of carbonyl (C=O) groups excluding carboxylic acids is 1. The van der Waals surface area contributed by atoms with Crippen LogP contribution in [-0.4, -0.2) is 52.9 Å². The average molecular weight is 475 g/mol. The van der Waals surface area contributed by atoms with Crippen molar-refractivity contribution in [3.63, 3.8) is 0 Å². The molecule has 10 heteroatoms. The van der Waals surface area contributed by atoms with Gasteiger partial charge in [0.1, 0.15) is 0 Å². The molecule has 1 amide bonds. The lowest BCUT2D eigenvalue weighted by molar-refractivity contribution is -0.114. The number of rotatable bonds is 7. The van der Waals surface area contributed by atoms with Gasteiger partial charge >= 0.3 is 0 Å². The summed E-state index contributed by atoms with van der Waals surface area (Å²) in [5.41, 5.74) is 8.54. The topological polar surface area (TPSA) is 117 Å². The van der Waals surface area contributed by atoms with E-state index in [0.29, 0.717) is 44.1 Å². The highest BCUT2D eigenvalue weighted by Gasteiger charge is 2.17. The number of anilines is 5. The minimum atomic E-state index is -0.110. The number of nitrogens with one attached hydrogen (secondary N) is 3. The lowest BCUT2D eigenvalue weighted by Crippen LogP contribution is -2.37. The standard InChI is InChI=1S/C25H30N8O2/c1-16-5-6-17(2)22(15-16)27-23-28-24(30-25(29-23)33-11-13-35-14-12-33)32-31-18(3)20-7-9-21(10-8-20)26-19(4)34/h5-10,15H,11-14H2,1-4H3,(H,26,34)(H2,27,28,29,30,32)/b31-18+. The fraction of sp³-hybridized carbons (Fsp3) is 0.320. The first-order chi connectivity index (χ1) is 16.9. The predicted molar refractivity (Wildman–Crippen MR) is 139 cm³/mol. The van der Waals surface area contributed by atoms with Crippen molar-refractivity contribution in [2.75, 3.05) is 47.3 Å². The second kappa shape index (κ2) is 10.9. The van der Waals surface area contributed by atoms with Gasteiger partial charge in [-0.1, -0.05) is 24.3 Å². The van der Waals surface area contributed by atoms with Crippen LogP contribution in [0.5, 0.6) is 0 Å². The van der Waals surface area contributed by atoms with Crippen molar-refractivity contribution in [2.45, 2.75) is 27.7 Å². The van der Waals surface area contributed by atoms with Crippen LogP contribution < -0.4 is 21.0 Å². The van der Waals surface area contributed by atoms with Gasteiger partial charge in [0, 0.05) is 31.4 Å². The maximum Gasteiger partial charge on any atom is 0.250 e. The van der Waals surface area contributed by atoms with Gasteiger partial charge in [-0.3, -0.25) is 4.79 Å². The molecular weight excluding hydrogens is 444 g/mol. The van der Waals surface area contributed by atoms with Crippen LogP contribution in [0.4, 0.5) is 29.2 Å². The Morgan fingerprint density at radius 3 is 2.40 bits per heavy atom. The fourth-order valence-electron chi connectivity index (χ4n) is 3.56. The average Bonchev–Trinajstić information content (AvgIpc) is 2.85. The van der Waals surface area contributed by atoms with Crippen molar-refractivity contribution in [3.05, 3.63) is 59.2 Å². The van der Waals surface area contributed by atoms with E-state index in [-0.39, 0.29) is 5.91 Å². The lowest BCUT2D eigenvalue weighted by atomic mass is 10.1. The number of aryl methyl sites for hydroxylation is 2. The zero-order chi connectivity index (χ0) is 24.8. The zero-order valence-corrected chi connectivity index (χ0v) is 20.4. The second-order valence-corrected chi connectivity index (χ2v) is 8.39. The monoisotopic (exact) mass is 474 g/mol. The predicted octanol–water partition coefficient (Wildman–Crippen LogP) is 3.86. The Balaban J connectivity index is 1.58. The molecule has 10 nitrogen and oxygen atoms in total. The summed E-state index contributed by atoms with van der Waals surface area (Å²) in [6.07, 6.45) is 0. The molecule has 0 spiro atoms. The lowest BCUT2D eigenvalue weighted by Gasteiger charge is -2.27. The van der Waals surface area contributed by atoms with Crippen LogP contribution in [0.3, 0.4) is 0 Å². The third kappa shape index (κ3) is 6.51. The summed E-state index contributed by atoms with van der Waals surface area (Å²) in [7, 11) is 0. The van der Waals surface area contributed by atoms with Gasteiger partial charge in [-0.2, -0.15) is 20.1 Å². The summed E-state index contributed by atoms with van der Waals surface area (Å²) in [5, 5.41) is 10.6. The highest BCUT2D eigenvalue weighted by Crippen LogP contribution is 2.22. The molecule has 1 aromatic heterocycles. The Kier molecular flexibility index (Phi) is 7.51. The summed E-state index contributed by atoms with van der Waals surface area (Å²) in [6, 6.07) is 13.7. The molecule has 1 aliphatic rings. The highest BCUT2D eigenvalue weighted by atomic mass is 16.5. The van der Waals surface area contributed by atoms with Crippen molar-refractivity contribution in [1.29, 1.82) is 0 Å². The Labute approximate surface area is 204 Å². The summed E-state index contributed by atoms with van der Waals surface area (Å²) >= 11 is 0. The van der Waals surface area contributed by atoms with Crippen LogP contribution in [0.25, 0.3) is 0 Å². The minimum Gasteiger partial charge on any atom is -0.378 e. The number of ether oxygens (including phenoxy) is 1. The van der Waals surface area contributed by atoms with Crippen LogP contribution in [0.2, 0.25) is 0 Å². The number of nitrogens with zero attached hydrogens (tertiary/aromatic N) is 5. The quantitative estimate of drug-likeness (QED) is 0.349. The molecule has 1 aliphatic heterocycles. The van der Waals surface area contributed by atoms with E-state index in [4.69, 9.17) is 4.74 Å². The molecule has 3 aromatic rings. The number of hydrogen-bond donors (Lipinski definition) is 3. The fourth-order valence-corrected chi connectivity index (χ4v) is 3.56. The number of hydrogen-bond acceptors (Lipinski definition) is 9. The molecule has 0 unspecified atom stereocenters. The molecule has 0 radical (unpaired) electrons. The van der Waals surface area contributed by atoms with Crippen LogP contribution in [-0.2, 0) is 9.53 Å². The van der Waals surface area contributed by atoms with E-state index < -0.39 is 0 Å². The molecule has 3 N–H and O–H groups in total. The Morgan fingerprint density at radius 2 is 1.69 bits per heavy atom. The van der Waals surface area contributed by atoms with Gasteiger partial charge in [0.05, 0.1) is 18.9 Å². The molecule has 0 bridgehead atoms. The minimum absolute atomic E-state index is 0.110. The summed E-state index contributed by atoms with van der Waals surface area (Å²) in [5.74, 6) is 1.22. The number of morpholine rings is 1. The van der Waals surface area contributed by atoms with E-state index in [1.165, 1.54) is 6.92 Å². The number of hydrazone groups is 1. The molecular formula is C25H30N8O2. The molecule has 182 valence electrons. The number of benzene rings is 2.